The maximum atomic E-state index is 2.80. The lowest BCUT2D eigenvalue weighted by Gasteiger charge is -2.50. The van der Waals surface area contributed by atoms with E-state index >= 15 is 0 Å². The van der Waals surface area contributed by atoms with Crippen LogP contribution < -0.4 is 31.1 Å². The van der Waals surface area contributed by atoms with Gasteiger partial charge in [-0.1, -0.05) is 152 Å². The fraction of sp³-hybridized carbons (Fsp3) is 0.262. The van der Waals surface area contributed by atoms with E-state index in [4.69, 9.17) is 0 Å². The molecule has 0 bridgehead atoms. The van der Waals surface area contributed by atoms with Crippen LogP contribution in [-0.4, -0.2) is 12.3 Å². The maximum Gasteiger partial charge on any atom is 0.252 e. The number of hydrogen-bond acceptors (Lipinski definition) is 5. The van der Waals surface area contributed by atoms with Gasteiger partial charge in [0.15, 0.2) is 0 Å². The first kappa shape index (κ1) is 43.5. The molecule has 4 aliphatic rings. The molecule has 1 saturated carbocycles. The van der Waals surface area contributed by atoms with E-state index in [0.29, 0.717) is 0 Å². The number of aryl methyl sites for hydroxylation is 1. The Labute approximate surface area is 427 Å². The molecule has 0 N–H and O–H groups in total. The highest BCUT2D eigenvalue weighted by Gasteiger charge is 2.58. The second-order valence-corrected chi connectivity index (χ2v) is 25.8. The van der Waals surface area contributed by atoms with Gasteiger partial charge in [0, 0.05) is 70.5 Å². The molecular formula is C65H60BN3S2. The van der Waals surface area contributed by atoms with Gasteiger partial charge in [0.25, 0.3) is 6.71 Å². The SMILES string of the molecule is Cc1cc2c3c(c1)N(c1cccc4c1sc1ccccc14)c1cc(N4c5ccc(C(C)(C)C)cc5C5(C)CCCCC45C)ccc1B3c1cc(C(C)(C)C)ccc1N2c1cccc2c1sc1ccccc12. The fourth-order valence-electron chi connectivity index (χ4n) is 13.7. The predicted molar refractivity (Wildman–Crippen MR) is 311 cm³/mol. The van der Waals surface area contributed by atoms with Crippen molar-refractivity contribution in [2.45, 2.75) is 110 Å². The molecule has 2 atom stereocenters. The van der Waals surface area contributed by atoms with E-state index in [2.05, 4.69) is 229 Å². The summed E-state index contributed by atoms with van der Waals surface area (Å²) in [5.41, 5.74) is 19.8. The van der Waals surface area contributed by atoms with Crippen LogP contribution in [0.1, 0.15) is 103 Å². The van der Waals surface area contributed by atoms with Crippen molar-refractivity contribution in [3.8, 4) is 0 Å². The average molecular weight is 958 g/mol. The molecule has 6 heteroatoms. The van der Waals surface area contributed by atoms with E-state index in [0.717, 1.165) is 6.42 Å². The summed E-state index contributed by atoms with van der Waals surface area (Å²) in [6.07, 6.45) is 4.86. The van der Waals surface area contributed by atoms with Gasteiger partial charge in [0.1, 0.15) is 0 Å². The van der Waals surface area contributed by atoms with E-state index in [-0.39, 0.29) is 28.5 Å². The molecule has 0 radical (unpaired) electrons. The number of anilines is 8. The fourth-order valence-corrected chi connectivity index (χ4v) is 16.1. The first-order chi connectivity index (χ1) is 34.1. The van der Waals surface area contributed by atoms with Crippen molar-refractivity contribution in [2.75, 3.05) is 14.7 Å². The van der Waals surface area contributed by atoms with Gasteiger partial charge in [-0.05, 0) is 137 Å². The third-order valence-corrected chi connectivity index (χ3v) is 20.0. The lowest BCUT2D eigenvalue weighted by molar-refractivity contribution is 0.195. The molecule has 1 fully saturated rings. The van der Waals surface area contributed by atoms with Gasteiger partial charge >= 0.3 is 0 Å². The zero-order valence-electron chi connectivity index (χ0n) is 42.5. The molecule has 0 amide bonds. The minimum atomic E-state index is -0.0852. The first-order valence-electron chi connectivity index (χ1n) is 25.9. The van der Waals surface area contributed by atoms with Crippen LogP contribution >= 0.6 is 22.7 Å². The van der Waals surface area contributed by atoms with Crippen LogP contribution in [0.2, 0.25) is 0 Å². The third-order valence-electron chi connectivity index (χ3n) is 17.5. The standard InChI is InChI=1S/C65H60BN3S2/c1-39-34-55-59-56(35-39)68(53-23-17-21-46-44-19-11-13-25-58(44)71-61(46)53)54-38-42(69-50-30-26-40(62(2,3)4)36-47(50)64(8)32-14-15-33-65(64,69)9)28-29-48(54)66(59)49-37-41(63(5,6)7)27-31-51(49)67(55)52-22-16-20-45-43-18-10-12-24-57(43)70-60(45)52/h10-13,16-31,34-38H,14-15,32-33H2,1-9H3. The highest BCUT2D eigenvalue weighted by molar-refractivity contribution is 7.27. The van der Waals surface area contributed by atoms with Gasteiger partial charge in [-0.15, -0.1) is 22.7 Å². The second kappa shape index (κ2) is 14.9. The summed E-state index contributed by atoms with van der Waals surface area (Å²) in [5.74, 6) is 0. The quantitative estimate of drug-likeness (QED) is 0.163. The summed E-state index contributed by atoms with van der Waals surface area (Å²) < 4.78 is 5.29. The Bertz CT molecular complexity index is 3900. The molecule has 2 aromatic heterocycles. The Kier molecular flexibility index (Phi) is 9.10. The Morgan fingerprint density at radius 2 is 1.03 bits per heavy atom. The number of fused-ring (bicyclic) bond motifs is 13. The van der Waals surface area contributed by atoms with E-state index < -0.39 is 0 Å². The number of benzene rings is 8. The van der Waals surface area contributed by atoms with Gasteiger partial charge < -0.3 is 14.7 Å². The average Bonchev–Trinajstić information content (AvgIpc) is 3.99. The highest BCUT2D eigenvalue weighted by atomic mass is 32.1. The van der Waals surface area contributed by atoms with Crippen molar-refractivity contribution in [3.63, 3.8) is 0 Å². The summed E-state index contributed by atoms with van der Waals surface area (Å²) >= 11 is 3.85. The lowest BCUT2D eigenvalue weighted by atomic mass is 9.33. The van der Waals surface area contributed by atoms with Crippen LogP contribution in [0.15, 0.2) is 152 Å². The topological polar surface area (TPSA) is 9.72 Å². The smallest absolute Gasteiger partial charge is 0.252 e. The Hall–Kier alpha value is -6.34. The van der Waals surface area contributed by atoms with Gasteiger partial charge in [-0.2, -0.15) is 0 Å². The van der Waals surface area contributed by atoms with Crippen LogP contribution in [0.5, 0.6) is 0 Å². The van der Waals surface area contributed by atoms with Crippen molar-refractivity contribution in [1.29, 1.82) is 0 Å². The van der Waals surface area contributed by atoms with Crippen LogP contribution in [0, 0.1) is 6.92 Å². The summed E-state index contributed by atoms with van der Waals surface area (Å²) in [4.78, 5) is 8.12. The van der Waals surface area contributed by atoms with Crippen molar-refractivity contribution in [1.82, 2.24) is 0 Å². The number of rotatable bonds is 3. The van der Waals surface area contributed by atoms with E-state index in [1.165, 1.54) is 144 Å². The van der Waals surface area contributed by atoms with Gasteiger partial charge in [-0.3, -0.25) is 0 Å². The summed E-state index contributed by atoms with van der Waals surface area (Å²) in [7, 11) is 0. The van der Waals surface area contributed by atoms with E-state index in [1.54, 1.807) is 0 Å². The van der Waals surface area contributed by atoms with Gasteiger partial charge in [0.2, 0.25) is 0 Å². The summed E-state index contributed by atoms with van der Waals surface area (Å²) in [6.45, 7) is 21.7. The van der Waals surface area contributed by atoms with Gasteiger partial charge in [-0.25, -0.2) is 0 Å². The molecule has 5 heterocycles. The monoisotopic (exact) mass is 957 g/mol. The molecule has 2 unspecified atom stereocenters. The number of hydrogen-bond donors (Lipinski definition) is 0. The Morgan fingerprint density at radius 1 is 0.479 bits per heavy atom. The number of nitrogens with zero attached hydrogens (tertiary/aromatic N) is 3. The normalized spacial score (nSPS) is 19.4. The molecule has 3 aliphatic heterocycles. The third kappa shape index (κ3) is 6.01. The molecular weight excluding hydrogens is 898 g/mol. The predicted octanol–water partition coefficient (Wildman–Crippen LogP) is 17.2. The van der Waals surface area contributed by atoms with Crippen LogP contribution in [0.4, 0.5) is 45.5 Å². The summed E-state index contributed by atoms with van der Waals surface area (Å²) in [5, 5.41) is 5.28. The van der Waals surface area contributed by atoms with Crippen molar-refractivity contribution < 1.29 is 0 Å². The van der Waals surface area contributed by atoms with Crippen molar-refractivity contribution in [3.05, 3.63) is 174 Å². The molecule has 10 aromatic rings. The molecule has 1 aliphatic carbocycles. The molecule has 14 rings (SSSR count). The summed E-state index contributed by atoms with van der Waals surface area (Å²) in [6, 6.07) is 59.4. The molecule has 71 heavy (non-hydrogen) atoms. The highest BCUT2D eigenvalue weighted by Crippen LogP contribution is 2.62. The minimum Gasteiger partial charge on any atom is -0.334 e. The molecule has 3 nitrogen and oxygen atoms in total. The van der Waals surface area contributed by atoms with Gasteiger partial charge in [0.05, 0.1) is 26.3 Å². The van der Waals surface area contributed by atoms with E-state index in [9.17, 15) is 0 Å². The van der Waals surface area contributed by atoms with Crippen LogP contribution in [0.3, 0.4) is 0 Å². The first-order valence-corrected chi connectivity index (χ1v) is 27.5. The van der Waals surface area contributed by atoms with Crippen molar-refractivity contribution >= 4 is 132 Å². The van der Waals surface area contributed by atoms with Crippen molar-refractivity contribution in [2.24, 2.45) is 0 Å². The molecule has 350 valence electrons. The Morgan fingerprint density at radius 3 is 1.65 bits per heavy atom. The number of thiophene rings is 2. The maximum absolute atomic E-state index is 2.80. The largest absolute Gasteiger partial charge is 0.334 e. The zero-order chi connectivity index (χ0) is 48.5. The zero-order valence-corrected chi connectivity index (χ0v) is 44.1. The Balaban J connectivity index is 1.08. The molecule has 0 spiro atoms. The van der Waals surface area contributed by atoms with Crippen LogP contribution in [0.25, 0.3) is 40.3 Å². The van der Waals surface area contributed by atoms with Crippen LogP contribution in [-0.2, 0) is 16.2 Å². The molecule has 8 aromatic carbocycles. The van der Waals surface area contributed by atoms with E-state index in [1.807, 2.05) is 22.7 Å². The minimum absolute atomic E-state index is 0.00779. The second-order valence-electron chi connectivity index (χ2n) is 23.7. The lowest BCUT2D eigenvalue weighted by Crippen LogP contribution is -2.61. The molecule has 0 saturated heterocycles.